The minimum absolute atomic E-state index is 0.232. The smallest absolute Gasteiger partial charge is 0.230 e. The largest absolute Gasteiger partial charge is 0.382 e. The first kappa shape index (κ1) is 19.4. The number of rotatable bonds is 5. The number of carbonyl (C=O) groups is 1. The van der Waals surface area contributed by atoms with Crippen molar-refractivity contribution in [1.29, 1.82) is 0 Å². The Hall–Kier alpha value is -2.59. The van der Waals surface area contributed by atoms with E-state index in [1.165, 1.54) is 0 Å². The molecule has 0 unspecified atom stereocenters. The highest BCUT2D eigenvalue weighted by molar-refractivity contribution is 6.31. The van der Waals surface area contributed by atoms with Crippen LogP contribution in [0.2, 0.25) is 5.02 Å². The van der Waals surface area contributed by atoms with Crippen LogP contribution in [-0.2, 0) is 4.79 Å². The summed E-state index contributed by atoms with van der Waals surface area (Å²) in [5, 5.41) is 5.52. The average molecular weight is 420 g/mol. The number of benzene rings is 2. The summed E-state index contributed by atoms with van der Waals surface area (Å²) in [4.78, 5) is 19.6. The summed E-state index contributed by atoms with van der Waals surface area (Å²) in [6.45, 7) is 0. The Balaban J connectivity index is 1.29. The Morgan fingerprint density at radius 1 is 0.967 bits per heavy atom. The van der Waals surface area contributed by atoms with Crippen LogP contribution in [0.1, 0.15) is 38.5 Å². The molecule has 2 aromatic carbocycles. The molecule has 2 saturated carbocycles. The second-order valence-corrected chi connectivity index (χ2v) is 8.92. The van der Waals surface area contributed by atoms with Gasteiger partial charge in [0.2, 0.25) is 5.91 Å². The molecule has 1 aromatic heterocycles. The highest BCUT2D eigenvalue weighted by Gasteiger charge is 2.38. The maximum Gasteiger partial charge on any atom is 0.230 e. The maximum atomic E-state index is 13.0. The van der Waals surface area contributed by atoms with Gasteiger partial charge in [0, 0.05) is 46.0 Å². The van der Waals surface area contributed by atoms with Crippen LogP contribution in [0.25, 0.3) is 10.9 Å². The summed E-state index contributed by atoms with van der Waals surface area (Å²) in [5.74, 6) is 0.547. The maximum absolute atomic E-state index is 13.0. The Morgan fingerprint density at radius 2 is 1.73 bits per heavy atom. The molecular weight excluding hydrogens is 394 g/mol. The highest BCUT2D eigenvalue weighted by atomic mass is 35.5. The molecule has 30 heavy (non-hydrogen) atoms. The lowest BCUT2D eigenvalue weighted by Crippen LogP contribution is -2.45. The lowest BCUT2D eigenvalue weighted by Gasteiger charge is -2.37. The fourth-order valence-corrected chi connectivity index (χ4v) is 4.75. The monoisotopic (exact) mass is 419 g/mol. The van der Waals surface area contributed by atoms with Crippen molar-refractivity contribution < 1.29 is 4.79 Å². The van der Waals surface area contributed by atoms with Crippen LogP contribution in [0.15, 0.2) is 60.8 Å². The van der Waals surface area contributed by atoms with Crippen molar-refractivity contribution in [2.24, 2.45) is 5.92 Å². The molecule has 5 heteroatoms. The number of hydrogen-bond donors (Lipinski definition) is 1. The number of amides is 1. The summed E-state index contributed by atoms with van der Waals surface area (Å²) in [6, 6.07) is 18.8. The van der Waals surface area contributed by atoms with Gasteiger partial charge >= 0.3 is 0 Å². The molecule has 0 bridgehead atoms. The lowest BCUT2D eigenvalue weighted by molar-refractivity contribution is -0.120. The molecule has 0 saturated heterocycles. The first-order valence-electron chi connectivity index (χ1n) is 10.9. The standard InChI is InChI=1S/C25H26ClN3O/c26-18-8-13-22-23(14-15-27-24(22)16-18)28-19-9-11-21(12-10-19)29(25(30)17-6-7-17)20-4-2-1-3-5-20/h1-5,8,13-17,19,21H,6-7,9-12H2,(H,27,28). The van der Waals surface area contributed by atoms with Crippen LogP contribution < -0.4 is 10.2 Å². The molecule has 1 heterocycles. The Morgan fingerprint density at radius 3 is 2.47 bits per heavy atom. The van der Waals surface area contributed by atoms with Crippen LogP contribution in [0, 0.1) is 5.92 Å². The van der Waals surface area contributed by atoms with Gasteiger partial charge in [0.05, 0.1) is 5.52 Å². The Kier molecular flexibility index (Phi) is 5.34. The van der Waals surface area contributed by atoms with Crippen LogP contribution in [0.5, 0.6) is 0 Å². The van der Waals surface area contributed by atoms with E-state index in [1.807, 2.05) is 48.7 Å². The third-order valence-electron chi connectivity index (χ3n) is 6.32. The molecule has 3 aromatic rings. The SMILES string of the molecule is O=C(C1CC1)N(c1ccccc1)C1CCC(Nc2ccnc3cc(Cl)ccc23)CC1. The van der Waals surface area contributed by atoms with Crippen molar-refractivity contribution in [2.45, 2.75) is 50.6 Å². The number of para-hydroxylation sites is 1. The van der Waals surface area contributed by atoms with E-state index < -0.39 is 0 Å². The van der Waals surface area contributed by atoms with Gasteiger partial charge in [0.25, 0.3) is 0 Å². The molecule has 0 atom stereocenters. The molecule has 2 fully saturated rings. The summed E-state index contributed by atoms with van der Waals surface area (Å²) in [5.41, 5.74) is 3.06. The summed E-state index contributed by atoms with van der Waals surface area (Å²) in [6.07, 6.45) is 8.03. The number of hydrogen-bond acceptors (Lipinski definition) is 3. The minimum atomic E-state index is 0.232. The predicted octanol–water partition coefficient (Wildman–Crippen LogP) is 6.05. The van der Waals surface area contributed by atoms with Crippen LogP contribution >= 0.6 is 11.6 Å². The number of nitrogens with one attached hydrogen (secondary N) is 1. The van der Waals surface area contributed by atoms with Crippen molar-refractivity contribution in [3.63, 3.8) is 0 Å². The molecule has 0 radical (unpaired) electrons. The van der Waals surface area contributed by atoms with E-state index in [4.69, 9.17) is 11.6 Å². The molecule has 1 amide bonds. The Labute approximate surface area is 182 Å². The zero-order chi connectivity index (χ0) is 20.5. The van der Waals surface area contributed by atoms with Gasteiger partial charge in [-0.05, 0) is 74.9 Å². The molecule has 1 N–H and O–H groups in total. The number of carbonyl (C=O) groups excluding carboxylic acids is 1. The fraction of sp³-hybridized carbons (Fsp3) is 0.360. The lowest BCUT2D eigenvalue weighted by atomic mass is 9.89. The van der Waals surface area contributed by atoms with Crippen LogP contribution in [0.3, 0.4) is 0 Å². The van der Waals surface area contributed by atoms with E-state index in [1.54, 1.807) is 0 Å². The second kappa shape index (κ2) is 8.27. The van der Waals surface area contributed by atoms with Gasteiger partial charge in [-0.1, -0.05) is 29.8 Å². The van der Waals surface area contributed by atoms with Gasteiger partial charge in [-0.2, -0.15) is 0 Å². The highest BCUT2D eigenvalue weighted by Crippen LogP contribution is 2.37. The molecule has 2 aliphatic rings. The molecule has 0 aliphatic heterocycles. The quantitative estimate of drug-likeness (QED) is 0.547. The van der Waals surface area contributed by atoms with Crippen LogP contribution in [0.4, 0.5) is 11.4 Å². The van der Waals surface area contributed by atoms with E-state index in [0.29, 0.717) is 17.0 Å². The molecule has 2 aliphatic carbocycles. The van der Waals surface area contributed by atoms with E-state index in [2.05, 4.69) is 27.3 Å². The van der Waals surface area contributed by atoms with Crippen LogP contribution in [-0.4, -0.2) is 23.0 Å². The number of fused-ring (bicyclic) bond motifs is 1. The molecule has 5 rings (SSSR count). The third kappa shape index (κ3) is 4.01. The number of anilines is 2. The summed E-state index contributed by atoms with van der Waals surface area (Å²) < 4.78 is 0. The first-order chi connectivity index (χ1) is 14.7. The van der Waals surface area contributed by atoms with E-state index in [9.17, 15) is 4.79 Å². The molecule has 4 nitrogen and oxygen atoms in total. The molecular formula is C25H26ClN3O. The minimum Gasteiger partial charge on any atom is -0.382 e. The van der Waals surface area contributed by atoms with Crippen molar-refractivity contribution in [3.05, 3.63) is 65.8 Å². The summed E-state index contributed by atoms with van der Waals surface area (Å²) in [7, 11) is 0. The third-order valence-corrected chi connectivity index (χ3v) is 6.56. The fourth-order valence-electron chi connectivity index (χ4n) is 4.58. The molecule has 154 valence electrons. The predicted molar refractivity (Wildman–Crippen MR) is 123 cm³/mol. The number of aromatic nitrogens is 1. The number of pyridine rings is 1. The topological polar surface area (TPSA) is 45.2 Å². The van der Waals surface area contributed by atoms with Crippen molar-refractivity contribution in [2.75, 3.05) is 10.2 Å². The van der Waals surface area contributed by atoms with E-state index >= 15 is 0 Å². The van der Waals surface area contributed by atoms with Gasteiger partial charge in [-0.3, -0.25) is 9.78 Å². The first-order valence-corrected chi connectivity index (χ1v) is 11.3. The van der Waals surface area contributed by atoms with Gasteiger partial charge < -0.3 is 10.2 Å². The number of halogens is 1. The second-order valence-electron chi connectivity index (χ2n) is 8.49. The molecule has 0 spiro atoms. The van der Waals surface area contributed by atoms with Gasteiger partial charge in [0.1, 0.15) is 0 Å². The van der Waals surface area contributed by atoms with Gasteiger partial charge in [0.15, 0.2) is 0 Å². The zero-order valence-corrected chi connectivity index (χ0v) is 17.7. The number of nitrogens with zero attached hydrogens (tertiary/aromatic N) is 2. The van der Waals surface area contributed by atoms with E-state index in [0.717, 1.165) is 60.8 Å². The average Bonchev–Trinajstić information content (AvgIpc) is 3.61. The van der Waals surface area contributed by atoms with E-state index in [-0.39, 0.29) is 12.0 Å². The van der Waals surface area contributed by atoms with Gasteiger partial charge in [-0.15, -0.1) is 0 Å². The van der Waals surface area contributed by atoms with Crippen molar-refractivity contribution >= 4 is 39.8 Å². The summed E-state index contributed by atoms with van der Waals surface area (Å²) >= 11 is 6.12. The zero-order valence-electron chi connectivity index (χ0n) is 16.9. The Bertz CT molecular complexity index is 1040. The van der Waals surface area contributed by atoms with Gasteiger partial charge in [-0.25, -0.2) is 0 Å². The van der Waals surface area contributed by atoms with Crippen molar-refractivity contribution in [1.82, 2.24) is 4.98 Å². The van der Waals surface area contributed by atoms with Crippen molar-refractivity contribution in [3.8, 4) is 0 Å². The normalized spacial score (nSPS) is 21.4.